The number of sulfonamides is 1. The molecule has 6 heteroatoms. The minimum absolute atomic E-state index is 0.0425. The van der Waals surface area contributed by atoms with Crippen molar-refractivity contribution in [2.45, 2.75) is 17.7 Å². The van der Waals surface area contributed by atoms with E-state index < -0.39 is 21.9 Å². The second kappa shape index (κ2) is 5.76. The van der Waals surface area contributed by atoms with Gasteiger partial charge in [-0.1, -0.05) is 24.8 Å². The van der Waals surface area contributed by atoms with Crippen molar-refractivity contribution >= 4 is 22.1 Å². The van der Waals surface area contributed by atoms with Crippen LogP contribution in [0, 0.1) is 5.92 Å². The SMILES string of the molecule is C=Cc1ccc(S(=O)(=O)N2CCCC(C(=O)O)C2)cc1. The second-order valence-corrected chi connectivity index (χ2v) is 6.75. The van der Waals surface area contributed by atoms with Crippen LogP contribution in [0.15, 0.2) is 35.7 Å². The van der Waals surface area contributed by atoms with Gasteiger partial charge in [0.25, 0.3) is 0 Å². The number of rotatable bonds is 4. The molecule has 0 bridgehead atoms. The Morgan fingerprint density at radius 1 is 1.35 bits per heavy atom. The predicted octanol–water partition coefficient (Wildman–Crippen LogP) is 1.81. The normalized spacial score (nSPS) is 20.5. The van der Waals surface area contributed by atoms with E-state index in [-0.39, 0.29) is 11.4 Å². The lowest BCUT2D eigenvalue weighted by Crippen LogP contribution is -2.42. The van der Waals surface area contributed by atoms with Gasteiger partial charge in [0.1, 0.15) is 0 Å². The van der Waals surface area contributed by atoms with Crippen LogP contribution in [0.3, 0.4) is 0 Å². The molecular formula is C14H17NO4S. The third kappa shape index (κ3) is 2.91. The van der Waals surface area contributed by atoms with E-state index in [4.69, 9.17) is 5.11 Å². The lowest BCUT2D eigenvalue weighted by Gasteiger charge is -2.29. The number of benzene rings is 1. The zero-order valence-corrected chi connectivity index (χ0v) is 11.8. The standard InChI is InChI=1S/C14H17NO4S/c1-2-11-5-7-13(8-6-11)20(18,19)15-9-3-4-12(10-15)14(16)17/h2,5-8,12H,1,3-4,9-10H2,(H,16,17). The molecule has 20 heavy (non-hydrogen) atoms. The summed E-state index contributed by atoms with van der Waals surface area (Å²) in [6.45, 7) is 4.03. The van der Waals surface area contributed by atoms with Crippen molar-refractivity contribution < 1.29 is 18.3 Å². The van der Waals surface area contributed by atoms with E-state index in [1.54, 1.807) is 18.2 Å². The van der Waals surface area contributed by atoms with Crippen molar-refractivity contribution in [3.63, 3.8) is 0 Å². The van der Waals surface area contributed by atoms with Gasteiger partial charge >= 0.3 is 5.97 Å². The highest BCUT2D eigenvalue weighted by Crippen LogP contribution is 2.24. The summed E-state index contributed by atoms with van der Waals surface area (Å²) in [7, 11) is -3.62. The molecule has 0 aliphatic carbocycles. The highest BCUT2D eigenvalue weighted by atomic mass is 32.2. The predicted molar refractivity (Wildman–Crippen MR) is 75.7 cm³/mol. The maximum Gasteiger partial charge on any atom is 0.307 e. The lowest BCUT2D eigenvalue weighted by molar-refractivity contribution is -0.142. The van der Waals surface area contributed by atoms with Crippen molar-refractivity contribution in [1.29, 1.82) is 0 Å². The zero-order chi connectivity index (χ0) is 14.8. The number of carboxylic acid groups (broad SMARTS) is 1. The first-order chi connectivity index (χ1) is 9.45. The van der Waals surface area contributed by atoms with Crippen LogP contribution in [0.4, 0.5) is 0 Å². The largest absolute Gasteiger partial charge is 0.481 e. The Morgan fingerprint density at radius 3 is 2.55 bits per heavy atom. The molecule has 1 saturated heterocycles. The quantitative estimate of drug-likeness (QED) is 0.919. The third-order valence-corrected chi connectivity index (χ3v) is 5.37. The molecule has 0 saturated carbocycles. The van der Waals surface area contributed by atoms with Gasteiger partial charge in [0.2, 0.25) is 10.0 Å². The highest BCUT2D eigenvalue weighted by molar-refractivity contribution is 7.89. The van der Waals surface area contributed by atoms with Gasteiger partial charge in [-0.05, 0) is 30.5 Å². The molecule has 1 aliphatic heterocycles. The van der Waals surface area contributed by atoms with Crippen LogP contribution in [0.2, 0.25) is 0 Å². The van der Waals surface area contributed by atoms with Crippen LogP contribution in [0.1, 0.15) is 18.4 Å². The Hall–Kier alpha value is -1.66. The van der Waals surface area contributed by atoms with Gasteiger partial charge in [0.05, 0.1) is 10.8 Å². The maximum absolute atomic E-state index is 12.5. The fourth-order valence-electron chi connectivity index (χ4n) is 2.29. The molecule has 0 aromatic heterocycles. The molecule has 1 aromatic rings. The number of carboxylic acids is 1. The second-order valence-electron chi connectivity index (χ2n) is 4.81. The summed E-state index contributed by atoms with van der Waals surface area (Å²) >= 11 is 0. The van der Waals surface area contributed by atoms with E-state index in [0.29, 0.717) is 19.4 Å². The van der Waals surface area contributed by atoms with Crippen LogP contribution >= 0.6 is 0 Å². The number of aliphatic carboxylic acids is 1. The Morgan fingerprint density at radius 2 is 2.00 bits per heavy atom. The molecule has 5 nitrogen and oxygen atoms in total. The summed E-state index contributed by atoms with van der Waals surface area (Å²) in [5, 5.41) is 9.03. The Labute approximate surface area is 118 Å². The van der Waals surface area contributed by atoms with Crippen LogP contribution in [0.5, 0.6) is 0 Å². The Balaban J connectivity index is 2.24. The number of hydrogen-bond donors (Lipinski definition) is 1. The molecular weight excluding hydrogens is 278 g/mol. The number of piperidine rings is 1. The van der Waals surface area contributed by atoms with Gasteiger partial charge < -0.3 is 5.11 Å². The molecule has 1 fully saturated rings. The molecule has 0 spiro atoms. The molecule has 1 aliphatic rings. The van der Waals surface area contributed by atoms with Crippen LogP contribution in [-0.2, 0) is 14.8 Å². The molecule has 108 valence electrons. The Bertz CT molecular complexity index is 607. The van der Waals surface area contributed by atoms with Crippen LogP contribution in [0.25, 0.3) is 6.08 Å². The van der Waals surface area contributed by atoms with E-state index in [1.807, 2.05) is 0 Å². The smallest absolute Gasteiger partial charge is 0.307 e. The van der Waals surface area contributed by atoms with Gasteiger partial charge in [-0.2, -0.15) is 4.31 Å². The van der Waals surface area contributed by atoms with Gasteiger partial charge in [0, 0.05) is 13.1 Å². The zero-order valence-electron chi connectivity index (χ0n) is 11.0. The molecule has 1 aromatic carbocycles. The summed E-state index contributed by atoms with van der Waals surface area (Å²) in [6.07, 6.45) is 2.73. The van der Waals surface area contributed by atoms with E-state index in [0.717, 1.165) is 5.56 Å². The first kappa shape index (κ1) is 14.7. The molecule has 1 heterocycles. The van der Waals surface area contributed by atoms with Crippen LogP contribution < -0.4 is 0 Å². The minimum atomic E-state index is -3.62. The fraction of sp³-hybridized carbons (Fsp3) is 0.357. The van der Waals surface area contributed by atoms with Gasteiger partial charge in [-0.15, -0.1) is 0 Å². The van der Waals surface area contributed by atoms with Gasteiger partial charge in [-0.25, -0.2) is 8.42 Å². The van der Waals surface area contributed by atoms with Crippen molar-refractivity contribution in [3.8, 4) is 0 Å². The average Bonchev–Trinajstić information content (AvgIpc) is 2.47. The average molecular weight is 295 g/mol. The van der Waals surface area contributed by atoms with Gasteiger partial charge in [-0.3, -0.25) is 4.79 Å². The minimum Gasteiger partial charge on any atom is -0.481 e. The van der Waals surface area contributed by atoms with Crippen molar-refractivity contribution in [2.75, 3.05) is 13.1 Å². The first-order valence-corrected chi connectivity index (χ1v) is 7.84. The maximum atomic E-state index is 12.5. The van der Waals surface area contributed by atoms with Crippen molar-refractivity contribution in [3.05, 3.63) is 36.4 Å². The third-order valence-electron chi connectivity index (χ3n) is 3.49. The molecule has 1 N–H and O–H groups in total. The first-order valence-electron chi connectivity index (χ1n) is 6.40. The summed E-state index contributed by atoms with van der Waals surface area (Å²) in [5.74, 6) is -1.56. The summed E-state index contributed by atoms with van der Waals surface area (Å²) < 4.78 is 26.2. The Kier molecular flexibility index (Phi) is 4.25. The summed E-state index contributed by atoms with van der Waals surface area (Å²) in [5.41, 5.74) is 0.839. The molecule has 2 rings (SSSR count). The number of carbonyl (C=O) groups is 1. The monoisotopic (exact) mass is 295 g/mol. The summed E-state index contributed by atoms with van der Waals surface area (Å²) in [6, 6.07) is 6.41. The molecule has 1 atom stereocenters. The van der Waals surface area contributed by atoms with E-state index >= 15 is 0 Å². The summed E-state index contributed by atoms with van der Waals surface area (Å²) in [4.78, 5) is 11.2. The van der Waals surface area contributed by atoms with E-state index in [1.165, 1.54) is 16.4 Å². The lowest BCUT2D eigenvalue weighted by atomic mass is 10.0. The number of nitrogens with zero attached hydrogens (tertiary/aromatic N) is 1. The number of hydrogen-bond acceptors (Lipinski definition) is 3. The van der Waals surface area contributed by atoms with E-state index in [2.05, 4.69) is 6.58 Å². The van der Waals surface area contributed by atoms with Crippen molar-refractivity contribution in [1.82, 2.24) is 4.31 Å². The van der Waals surface area contributed by atoms with Crippen molar-refractivity contribution in [2.24, 2.45) is 5.92 Å². The van der Waals surface area contributed by atoms with Crippen LogP contribution in [-0.4, -0.2) is 36.9 Å². The van der Waals surface area contributed by atoms with E-state index in [9.17, 15) is 13.2 Å². The van der Waals surface area contributed by atoms with Gasteiger partial charge in [0.15, 0.2) is 0 Å². The molecule has 0 radical (unpaired) electrons. The molecule has 0 amide bonds. The fourth-order valence-corrected chi connectivity index (χ4v) is 3.81. The molecule has 1 unspecified atom stereocenters. The highest BCUT2D eigenvalue weighted by Gasteiger charge is 2.33. The topological polar surface area (TPSA) is 74.7 Å².